The Labute approximate surface area is 88.7 Å². The van der Waals surface area contributed by atoms with E-state index in [2.05, 4.69) is 47.8 Å². The fourth-order valence-electron chi connectivity index (χ4n) is 1.24. The minimum Gasteiger partial charge on any atom is -0.264 e. The molecule has 1 aromatic rings. The smallest absolute Gasteiger partial charge is 0.0302 e. The van der Waals surface area contributed by atoms with Crippen molar-refractivity contribution in [2.45, 2.75) is 27.2 Å². The number of aryl methyl sites for hydroxylation is 1. The van der Waals surface area contributed by atoms with Crippen molar-refractivity contribution in [3.05, 3.63) is 29.6 Å². The second-order valence-corrected chi connectivity index (χ2v) is 4.84. The molecule has 13 heavy (non-hydrogen) atoms. The largest absolute Gasteiger partial charge is 0.264 e. The summed E-state index contributed by atoms with van der Waals surface area (Å²) in [5.41, 5.74) is 3.00. The van der Waals surface area contributed by atoms with Gasteiger partial charge in [-0.1, -0.05) is 29.8 Å². The first-order valence-corrected chi connectivity index (χ1v) is 5.63. The molecule has 1 rings (SSSR count). The zero-order valence-corrected chi connectivity index (χ0v) is 10.1. The average Bonchev–Trinajstić information content (AvgIpc) is 2.09. The van der Waals surface area contributed by atoms with Gasteiger partial charge in [-0.2, -0.15) is 0 Å². The minimum atomic E-state index is 0.313. The predicted octanol–water partition coefficient (Wildman–Crippen LogP) is 3.35. The lowest BCUT2D eigenvalue weighted by Crippen LogP contribution is -2.17. The average molecular weight is 242 g/mol. The Hall–Kier alpha value is -0.370. The second kappa shape index (κ2) is 4.23. The van der Waals surface area contributed by atoms with Crippen LogP contribution in [0, 0.1) is 12.3 Å². The summed E-state index contributed by atoms with van der Waals surface area (Å²) in [4.78, 5) is 4.15. The number of halogens is 1. The summed E-state index contributed by atoms with van der Waals surface area (Å²) < 4.78 is 0. The maximum Gasteiger partial charge on any atom is 0.0302 e. The van der Waals surface area contributed by atoms with Gasteiger partial charge in [0, 0.05) is 17.7 Å². The Balaban J connectivity index is 2.80. The molecule has 0 aliphatic carbocycles. The van der Waals surface area contributed by atoms with Crippen molar-refractivity contribution in [3.8, 4) is 0 Å². The van der Waals surface area contributed by atoms with E-state index in [0.29, 0.717) is 5.41 Å². The molecular formula is C11H16BrN. The summed E-state index contributed by atoms with van der Waals surface area (Å²) in [5.74, 6) is 0. The number of pyridine rings is 1. The summed E-state index contributed by atoms with van der Waals surface area (Å²) in [5, 5.41) is 1.02. The van der Waals surface area contributed by atoms with E-state index >= 15 is 0 Å². The molecule has 0 aromatic carbocycles. The normalized spacial score (nSPS) is 11.7. The maximum absolute atomic E-state index is 4.15. The Kier molecular flexibility index (Phi) is 3.48. The molecule has 0 radical (unpaired) electrons. The molecule has 72 valence electrons. The number of alkyl halides is 1. The lowest BCUT2D eigenvalue weighted by atomic mass is 9.87. The van der Waals surface area contributed by atoms with Crippen molar-refractivity contribution in [1.29, 1.82) is 0 Å². The van der Waals surface area contributed by atoms with Crippen LogP contribution in [0.2, 0.25) is 0 Å². The summed E-state index contributed by atoms with van der Waals surface area (Å²) in [6, 6.07) is 2.07. The monoisotopic (exact) mass is 241 g/mol. The first kappa shape index (κ1) is 10.7. The molecule has 0 atom stereocenters. The van der Waals surface area contributed by atoms with Crippen LogP contribution in [-0.4, -0.2) is 10.3 Å². The van der Waals surface area contributed by atoms with Crippen LogP contribution in [0.1, 0.15) is 25.0 Å². The van der Waals surface area contributed by atoms with Gasteiger partial charge in [-0.15, -0.1) is 0 Å². The van der Waals surface area contributed by atoms with Crippen LogP contribution in [0.5, 0.6) is 0 Å². The van der Waals surface area contributed by atoms with Crippen molar-refractivity contribution in [2.24, 2.45) is 5.41 Å². The van der Waals surface area contributed by atoms with E-state index in [-0.39, 0.29) is 0 Å². The van der Waals surface area contributed by atoms with Gasteiger partial charge in [0.15, 0.2) is 0 Å². The van der Waals surface area contributed by atoms with Crippen LogP contribution < -0.4 is 0 Å². The number of nitrogens with zero attached hydrogens (tertiary/aromatic N) is 1. The van der Waals surface area contributed by atoms with Gasteiger partial charge in [-0.3, -0.25) is 4.98 Å². The number of hydrogen-bond acceptors (Lipinski definition) is 1. The van der Waals surface area contributed by atoms with Gasteiger partial charge in [-0.05, 0) is 36.0 Å². The van der Waals surface area contributed by atoms with Crippen molar-refractivity contribution < 1.29 is 0 Å². The molecule has 0 aliphatic heterocycles. The van der Waals surface area contributed by atoms with Gasteiger partial charge in [-0.25, -0.2) is 0 Å². The lowest BCUT2D eigenvalue weighted by Gasteiger charge is -2.22. The molecule has 0 amide bonds. The molecule has 0 bridgehead atoms. The maximum atomic E-state index is 4.15. The molecule has 0 spiro atoms. The molecule has 1 nitrogen and oxygen atoms in total. The Morgan fingerprint density at radius 1 is 1.46 bits per heavy atom. The van der Waals surface area contributed by atoms with Crippen LogP contribution in [0.15, 0.2) is 18.5 Å². The van der Waals surface area contributed by atoms with Gasteiger partial charge < -0.3 is 0 Å². The third-order valence-corrected chi connectivity index (χ3v) is 3.70. The summed E-state index contributed by atoms with van der Waals surface area (Å²) in [6.07, 6.45) is 4.90. The Bertz CT molecular complexity index is 281. The van der Waals surface area contributed by atoms with Crippen molar-refractivity contribution >= 4 is 15.9 Å². The van der Waals surface area contributed by atoms with Gasteiger partial charge in [0.2, 0.25) is 0 Å². The highest BCUT2D eigenvalue weighted by molar-refractivity contribution is 9.09. The van der Waals surface area contributed by atoms with E-state index in [0.717, 1.165) is 11.8 Å². The summed E-state index contributed by atoms with van der Waals surface area (Å²) >= 11 is 3.53. The van der Waals surface area contributed by atoms with Crippen molar-refractivity contribution in [2.75, 3.05) is 5.33 Å². The van der Waals surface area contributed by atoms with Crippen molar-refractivity contribution in [1.82, 2.24) is 4.98 Å². The quantitative estimate of drug-likeness (QED) is 0.740. The van der Waals surface area contributed by atoms with E-state index in [1.54, 1.807) is 0 Å². The van der Waals surface area contributed by atoms with Crippen LogP contribution in [0.25, 0.3) is 0 Å². The highest BCUT2D eigenvalue weighted by atomic mass is 79.9. The van der Waals surface area contributed by atoms with Gasteiger partial charge in [0.05, 0.1) is 0 Å². The molecule has 0 saturated carbocycles. The third kappa shape index (κ3) is 3.11. The zero-order valence-electron chi connectivity index (χ0n) is 8.47. The first-order valence-electron chi connectivity index (χ1n) is 4.51. The predicted molar refractivity (Wildman–Crippen MR) is 60.3 cm³/mol. The molecule has 0 saturated heterocycles. The zero-order chi connectivity index (χ0) is 9.90. The SMILES string of the molecule is Cc1ccncc1CC(C)(C)CBr. The van der Waals surface area contributed by atoms with Crippen LogP contribution >= 0.6 is 15.9 Å². The van der Waals surface area contributed by atoms with E-state index in [4.69, 9.17) is 0 Å². The molecule has 1 heterocycles. The highest BCUT2D eigenvalue weighted by Crippen LogP contribution is 2.24. The molecule has 2 heteroatoms. The topological polar surface area (TPSA) is 12.9 Å². The number of rotatable bonds is 3. The van der Waals surface area contributed by atoms with E-state index in [1.807, 2.05) is 12.4 Å². The van der Waals surface area contributed by atoms with Crippen LogP contribution in [0.3, 0.4) is 0 Å². The summed E-state index contributed by atoms with van der Waals surface area (Å²) in [6.45, 7) is 6.66. The molecule has 0 N–H and O–H groups in total. The first-order chi connectivity index (χ1) is 6.05. The van der Waals surface area contributed by atoms with E-state index in [9.17, 15) is 0 Å². The van der Waals surface area contributed by atoms with Gasteiger partial charge in [0.25, 0.3) is 0 Å². The molecule has 0 aliphatic rings. The van der Waals surface area contributed by atoms with E-state index < -0.39 is 0 Å². The second-order valence-electron chi connectivity index (χ2n) is 4.28. The van der Waals surface area contributed by atoms with Crippen molar-refractivity contribution in [3.63, 3.8) is 0 Å². The third-order valence-electron chi connectivity index (χ3n) is 2.18. The minimum absolute atomic E-state index is 0.313. The summed E-state index contributed by atoms with van der Waals surface area (Å²) in [7, 11) is 0. The van der Waals surface area contributed by atoms with Crippen LogP contribution in [0.4, 0.5) is 0 Å². The molecule has 0 unspecified atom stereocenters. The highest BCUT2D eigenvalue weighted by Gasteiger charge is 2.17. The standard InChI is InChI=1S/C11H16BrN/c1-9-4-5-13-7-10(9)6-11(2,3)8-12/h4-5,7H,6,8H2,1-3H3. The lowest BCUT2D eigenvalue weighted by molar-refractivity contribution is 0.423. The Morgan fingerprint density at radius 2 is 2.15 bits per heavy atom. The van der Waals surface area contributed by atoms with Crippen LogP contribution in [-0.2, 0) is 6.42 Å². The Morgan fingerprint density at radius 3 is 2.69 bits per heavy atom. The number of aromatic nitrogens is 1. The van der Waals surface area contributed by atoms with Gasteiger partial charge >= 0.3 is 0 Å². The fourth-order valence-corrected chi connectivity index (χ4v) is 1.44. The number of hydrogen-bond donors (Lipinski definition) is 0. The van der Waals surface area contributed by atoms with Gasteiger partial charge in [0.1, 0.15) is 0 Å². The molecule has 1 aromatic heterocycles. The van der Waals surface area contributed by atoms with E-state index in [1.165, 1.54) is 11.1 Å². The molecular weight excluding hydrogens is 226 g/mol. The molecule has 0 fully saturated rings. The fraction of sp³-hybridized carbons (Fsp3) is 0.545.